The van der Waals surface area contributed by atoms with Gasteiger partial charge in [0, 0.05) is 31.7 Å². The number of hydrogen-bond acceptors (Lipinski definition) is 6. The van der Waals surface area contributed by atoms with Crippen molar-refractivity contribution < 1.29 is 24.2 Å². The predicted molar refractivity (Wildman–Crippen MR) is 140 cm³/mol. The third kappa shape index (κ3) is 5.86. The molecule has 2 aliphatic rings. The van der Waals surface area contributed by atoms with Crippen molar-refractivity contribution >= 4 is 40.7 Å². The average Bonchev–Trinajstić information content (AvgIpc) is 3.14. The van der Waals surface area contributed by atoms with Gasteiger partial charge in [0.25, 0.3) is 11.7 Å². The Labute approximate surface area is 221 Å². The number of ether oxygens (including phenoxy) is 2. The average molecular weight is 533 g/mol. The Morgan fingerprint density at radius 1 is 1.06 bits per heavy atom. The van der Waals surface area contributed by atoms with Crippen molar-refractivity contribution in [3.8, 4) is 5.75 Å². The van der Waals surface area contributed by atoms with Gasteiger partial charge in [-0.05, 0) is 48.4 Å². The Kier molecular flexibility index (Phi) is 8.90. The number of unbranched alkanes of at least 4 members (excludes halogenated alkanes) is 1. The number of amides is 1. The van der Waals surface area contributed by atoms with Crippen LogP contribution in [0.15, 0.2) is 48.0 Å². The van der Waals surface area contributed by atoms with Crippen molar-refractivity contribution in [3.63, 3.8) is 0 Å². The summed E-state index contributed by atoms with van der Waals surface area (Å²) in [7, 11) is 0. The van der Waals surface area contributed by atoms with Gasteiger partial charge in [-0.3, -0.25) is 14.5 Å². The molecule has 0 aliphatic carbocycles. The molecule has 2 fully saturated rings. The van der Waals surface area contributed by atoms with E-state index >= 15 is 0 Å². The Bertz CT molecular complexity index is 1130. The van der Waals surface area contributed by atoms with Crippen molar-refractivity contribution in [3.05, 3.63) is 69.2 Å². The van der Waals surface area contributed by atoms with E-state index in [1.807, 2.05) is 0 Å². The monoisotopic (exact) mass is 532 g/mol. The maximum Gasteiger partial charge on any atom is 0.295 e. The fourth-order valence-corrected chi connectivity index (χ4v) is 4.72. The molecule has 2 saturated heterocycles. The van der Waals surface area contributed by atoms with Gasteiger partial charge in [0.05, 0.1) is 41.5 Å². The summed E-state index contributed by atoms with van der Waals surface area (Å²) >= 11 is 12.4. The highest BCUT2D eigenvalue weighted by atomic mass is 35.5. The zero-order valence-electron chi connectivity index (χ0n) is 20.2. The topological polar surface area (TPSA) is 79.3 Å². The van der Waals surface area contributed by atoms with E-state index in [1.165, 1.54) is 4.90 Å². The van der Waals surface area contributed by atoms with Crippen LogP contribution in [-0.4, -0.2) is 72.6 Å². The molecule has 0 spiro atoms. The molecule has 1 N–H and O–H groups in total. The van der Waals surface area contributed by atoms with Gasteiger partial charge in [-0.25, -0.2) is 0 Å². The maximum absolute atomic E-state index is 13.2. The SMILES string of the molecule is CCCCOc1ccc(/C(O)=C2\C(=O)C(=O)N(CCN3CCOCC3)C2c2ccc(Cl)c(Cl)c2)cc1. The molecule has 2 aromatic rings. The fourth-order valence-electron chi connectivity index (χ4n) is 4.41. The number of halogens is 2. The van der Waals surface area contributed by atoms with Crippen LogP contribution in [0.3, 0.4) is 0 Å². The van der Waals surface area contributed by atoms with Crippen molar-refractivity contribution in [2.24, 2.45) is 0 Å². The molecular weight excluding hydrogens is 503 g/mol. The Balaban J connectivity index is 1.68. The van der Waals surface area contributed by atoms with Gasteiger partial charge >= 0.3 is 0 Å². The Hall–Kier alpha value is -2.58. The number of Topliss-reactive ketones (excluding diaryl/α,β-unsaturated/α-hetero) is 1. The van der Waals surface area contributed by atoms with E-state index in [2.05, 4.69) is 11.8 Å². The normalized spacial score (nSPS) is 20.2. The van der Waals surface area contributed by atoms with E-state index in [4.69, 9.17) is 32.7 Å². The lowest BCUT2D eigenvalue weighted by molar-refractivity contribution is -0.140. The Morgan fingerprint density at radius 3 is 2.44 bits per heavy atom. The third-order valence-electron chi connectivity index (χ3n) is 6.45. The summed E-state index contributed by atoms with van der Waals surface area (Å²) in [4.78, 5) is 30.1. The van der Waals surface area contributed by atoms with Gasteiger partial charge in [0.1, 0.15) is 11.5 Å². The van der Waals surface area contributed by atoms with E-state index in [0.29, 0.717) is 59.8 Å². The number of benzene rings is 2. The number of hydrogen-bond donors (Lipinski definition) is 1. The van der Waals surface area contributed by atoms with E-state index in [1.54, 1.807) is 42.5 Å². The van der Waals surface area contributed by atoms with Gasteiger partial charge in [0.15, 0.2) is 0 Å². The fraction of sp³-hybridized carbons (Fsp3) is 0.407. The second-order valence-corrected chi connectivity index (χ2v) is 9.66. The molecule has 2 aromatic carbocycles. The number of aliphatic hydroxyl groups is 1. The number of carbonyl (C=O) groups is 2. The van der Waals surface area contributed by atoms with Crippen LogP contribution < -0.4 is 4.74 Å². The molecule has 0 radical (unpaired) electrons. The smallest absolute Gasteiger partial charge is 0.295 e. The minimum absolute atomic E-state index is 0.0278. The highest BCUT2D eigenvalue weighted by Crippen LogP contribution is 2.41. The number of carbonyl (C=O) groups excluding carboxylic acids is 2. The quantitative estimate of drug-likeness (QED) is 0.213. The van der Waals surface area contributed by atoms with E-state index in [0.717, 1.165) is 25.9 Å². The van der Waals surface area contributed by atoms with Crippen LogP contribution in [-0.2, 0) is 14.3 Å². The summed E-state index contributed by atoms with van der Waals surface area (Å²) < 4.78 is 11.1. The van der Waals surface area contributed by atoms with Crippen LogP contribution in [0, 0.1) is 0 Å². The summed E-state index contributed by atoms with van der Waals surface area (Å²) in [6.07, 6.45) is 1.97. The molecule has 0 bridgehead atoms. The molecule has 4 rings (SSSR count). The second kappa shape index (κ2) is 12.1. The number of ketones is 1. The van der Waals surface area contributed by atoms with E-state index in [-0.39, 0.29) is 11.3 Å². The molecule has 1 amide bonds. The first-order valence-corrected chi connectivity index (χ1v) is 12.9. The molecule has 1 atom stereocenters. The summed E-state index contributed by atoms with van der Waals surface area (Å²) in [5.74, 6) is -0.945. The van der Waals surface area contributed by atoms with Gasteiger partial charge in [0.2, 0.25) is 0 Å². The number of nitrogens with zero attached hydrogens (tertiary/aromatic N) is 2. The van der Waals surface area contributed by atoms with Crippen LogP contribution in [0.5, 0.6) is 5.75 Å². The van der Waals surface area contributed by atoms with Gasteiger partial charge in [-0.2, -0.15) is 0 Å². The maximum atomic E-state index is 13.2. The van der Waals surface area contributed by atoms with E-state index < -0.39 is 17.7 Å². The zero-order chi connectivity index (χ0) is 25.7. The summed E-state index contributed by atoms with van der Waals surface area (Å²) in [6, 6.07) is 11.1. The molecule has 7 nitrogen and oxygen atoms in total. The largest absolute Gasteiger partial charge is 0.507 e. The highest BCUT2D eigenvalue weighted by molar-refractivity contribution is 6.46. The lowest BCUT2D eigenvalue weighted by Gasteiger charge is -2.31. The van der Waals surface area contributed by atoms with Crippen molar-refractivity contribution in [2.75, 3.05) is 46.0 Å². The van der Waals surface area contributed by atoms with Crippen molar-refractivity contribution in [1.29, 1.82) is 0 Å². The van der Waals surface area contributed by atoms with Gasteiger partial charge in [-0.1, -0.05) is 42.6 Å². The highest BCUT2D eigenvalue weighted by Gasteiger charge is 2.46. The lowest BCUT2D eigenvalue weighted by atomic mass is 9.95. The molecule has 0 aromatic heterocycles. The van der Waals surface area contributed by atoms with E-state index in [9.17, 15) is 14.7 Å². The molecule has 9 heteroatoms. The van der Waals surface area contributed by atoms with Crippen LogP contribution in [0.4, 0.5) is 0 Å². The van der Waals surface area contributed by atoms with Crippen LogP contribution in [0.25, 0.3) is 5.76 Å². The molecule has 36 heavy (non-hydrogen) atoms. The van der Waals surface area contributed by atoms with Crippen LogP contribution >= 0.6 is 23.2 Å². The summed E-state index contributed by atoms with van der Waals surface area (Å²) in [5, 5.41) is 11.9. The first kappa shape index (κ1) is 26.5. The van der Waals surface area contributed by atoms with Crippen molar-refractivity contribution in [1.82, 2.24) is 9.80 Å². The Morgan fingerprint density at radius 2 is 1.78 bits per heavy atom. The number of likely N-dealkylation sites (tertiary alicyclic amines) is 1. The summed E-state index contributed by atoms with van der Waals surface area (Å²) in [5.41, 5.74) is 1.06. The summed E-state index contributed by atoms with van der Waals surface area (Å²) in [6.45, 7) is 6.37. The second-order valence-electron chi connectivity index (χ2n) is 8.85. The van der Waals surface area contributed by atoms with Gasteiger partial charge < -0.3 is 19.5 Å². The first-order valence-electron chi connectivity index (χ1n) is 12.2. The van der Waals surface area contributed by atoms with Crippen LogP contribution in [0.2, 0.25) is 10.0 Å². The van der Waals surface area contributed by atoms with Crippen molar-refractivity contribution in [2.45, 2.75) is 25.8 Å². The third-order valence-corrected chi connectivity index (χ3v) is 7.19. The predicted octanol–water partition coefficient (Wildman–Crippen LogP) is 4.93. The molecule has 192 valence electrons. The minimum Gasteiger partial charge on any atom is -0.507 e. The molecule has 2 aliphatic heterocycles. The standard InChI is InChI=1S/C27H30Cl2N2O5/c1-2-3-14-36-20-7-4-18(5-8-20)25(32)23-24(19-6-9-21(28)22(29)17-19)31(27(34)26(23)33)11-10-30-12-15-35-16-13-30/h4-9,17,24,32H,2-3,10-16H2,1H3/b25-23+. The molecule has 2 heterocycles. The molecular formula is C27H30Cl2N2O5. The number of rotatable bonds is 9. The molecule has 1 unspecified atom stereocenters. The first-order chi connectivity index (χ1) is 17.4. The number of morpholine rings is 1. The lowest BCUT2D eigenvalue weighted by Crippen LogP contribution is -2.42. The minimum atomic E-state index is -0.790. The zero-order valence-corrected chi connectivity index (χ0v) is 21.7. The van der Waals surface area contributed by atoms with Crippen LogP contribution in [0.1, 0.15) is 36.9 Å². The van der Waals surface area contributed by atoms with Gasteiger partial charge in [-0.15, -0.1) is 0 Å². The number of aliphatic hydroxyl groups excluding tert-OH is 1. The molecule has 0 saturated carbocycles.